The Morgan fingerprint density at radius 1 is 1.00 bits per heavy atom. The Balaban J connectivity index is 1.43. The molecule has 3 aliphatic rings. The Labute approximate surface area is 173 Å². The molecule has 2 atom stereocenters. The van der Waals surface area contributed by atoms with Gasteiger partial charge in [0.1, 0.15) is 11.5 Å². The van der Waals surface area contributed by atoms with Crippen LogP contribution in [-0.2, 0) is 14.6 Å². The molecule has 2 aliphatic heterocycles. The first kappa shape index (κ1) is 18.7. The molecule has 2 aromatic carbocycles. The third-order valence-corrected chi connectivity index (χ3v) is 8.50. The molecule has 0 N–H and O–H groups in total. The number of carbonyl (C=O) groups is 1. The number of carbonyl (C=O) groups excluding carboxylic acids is 1. The monoisotopic (exact) mass is 428 g/mol. The summed E-state index contributed by atoms with van der Waals surface area (Å²) in [6, 6.07) is 16.8. The lowest BCUT2D eigenvalue weighted by atomic mass is 10.2. The maximum Gasteiger partial charge on any atom is 0.251 e. The molecule has 29 heavy (non-hydrogen) atoms. The molecule has 2 heterocycles. The van der Waals surface area contributed by atoms with Gasteiger partial charge in [0.25, 0.3) is 5.91 Å². The van der Waals surface area contributed by atoms with E-state index >= 15 is 0 Å². The second kappa shape index (κ2) is 7.18. The largest absolute Gasteiger partial charge is 0.457 e. The number of amidine groups is 1. The molecule has 0 spiro atoms. The number of hydrogen-bond donors (Lipinski definition) is 0. The summed E-state index contributed by atoms with van der Waals surface area (Å²) in [5, 5.41) is 0.523. The van der Waals surface area contributed by atoms with Crippen LogP contribution in [0.15, 0.2) is 59.6 Å². The van der Waals surface area contributed by atoms with Crippen LogP contribution in [0.4, 0.5) is 5.69 Å². The Kier molecular flexibility index (Phi) is 4.63. The molecular formula is C21H20N2O4S2. The number of rotatable bonds is 4. The number of thioether (sulfide) groups is 1. The first-order valence-corrected chi connectivity index (χ1v) is 12.3. The molecule has 0 bridgehead atoms. The molecule has 2 saturated heterocycles. The fraction of sp³-hybridized carbons (Fsp3) is 0.333. The summed E-state index contributed by atoms with van der Waals surface area (Å²) >= 11 is 1.41. The fourth-order valence-corrected chi connectivity index (χ4v) is 7.60. The lowest BCUT2D eigenvalue weighted by Gasteiger charge is -2.24. The van der Waals surface area contributed by atoms with Gasteiger partial charge >= 0.3 is 0 Å². The van der Waals surface area contributed by atoms with Gasteiger partial charge < -0.3 is 9.64 Å². The highest BCUT2D eigenvalue weighted by molar-refractivity contribution is 8.16. The van der Waals surface area contributed by atoms with E-state index in [1.807, 2.05) is 59.5 Å². The molecule has 150 valence electrons. The highest BCUT2D eigenvalue weighted by Crippen LogP contribution is 2.42. The fourth-order valence-electron chi connectivity index (χ4n) is 3.68. The number of sulfone groups is 1. The van der Waals surface area contributed by atoms with E-state index in [9.17, 15) is 13.2 Å². The van der Waals surface area contributed by atoms with Crippen molar-refractivity contribution in [1.29, 1.82) is 0 Å². The van der Waals surface area contributed by atoms with Gasteiger partial charge in [-0.2, -0.15) is 4.99 Å². The smallest absolute Gasteiger partial charge is 0.251 e. The number of aliphatic imine (C=N–C) groups is 1. The zero-order valence-electron chi connectivity index (χ0n) is 15.6. The van der Waals surface area contributed by atoms with Crippen LogP contribution >= 0.6 is 11.8 Å². The van der Waals surface area contributed by atoms with Crippen LogP contribution in [0.1, 0.15) is 12.8 Å². The van der Waals surface area contributed by atoms with Crippen LogP contribution < -0.4 is 9.64 Å². The summed E-state index contributed by atoms with van der Waals surface area (Å²) in [5.74, 6) is 1.60. The number of hydrogen-bond acceptors (Lipinski definition) is 5. The highest BCUT2D eigenvalue weighted by atomic mass is 32.2. The molecule has 0 radical (unpaired) electrons. The van der Waals surface area contributed by atoms with Gasteiger partial charge in [-0.15, -0.1) is 0 Å². The van der Waals surface area contributed by atoms with Gasteiger partial charge in [-0.25, -0.2) is 8.42 Å². The molecule has 0 aromatic heterocycles. The SMILES string of the molecule is O=C(N=C1S[C@@H]2CS(=O)(=O)C[C@H]2N1c1ccc(Oc2ccccc2)cc1)C1CC1. The van der Waals surface area contributed by atoms with Crippen molar-refractivity contribution in [3.8, 4) is 11.5 Å². The van der Waals surface area contributed by atoms with Crippen LogP contribution in [0, 0.1) is 5.92 Å². The quantitative estimate of drug-likeness (QED) is 0.742. The van der Waals surface area contributed by atoms with E-state index < -0.39 is 9.84 Å². The summed E-state index contributed by atoms with van der Waals surface area (Å²) in [4.78, 5) is 18.6. The Morgan fingerprint density at radius 2 is 1.69 bits per heavy atom. The standard InChI is InChI=1S/C21H20N2O4S2/c24-20(14-6-7-14)22-21-23(18-12-29(25,26)13-19(18)28-21)15-8-10-17(11-9-15)27-16-4-2-1-3-5-16/h1-5,8-11,14,18-19H,6-7,12-13H2/t18-,19-/m1/s1. The molecule has 3 fully saturated rings. The van der Waals surface area contributed by atoms with E-state index in [1.165, 1.54) is 11.8 Å². The lowest BCUT2D eigenvalue weighted by molar-refractivity contribution is -0.118. The minimum Gasteiger partial charge on any atom is -0.457 e. The Morgan fingerprint density at radius 3 is 2.38 bits per heavy atom. The van der Waals surface area contributed by atoms with Crippen LogP contribution in [-0.4, -0.2) is 42.3 Å². The summed E-state index contributed by atoms with van der Waals surface area (Å²) in [7, 11) is -3.08. The van der Waals surface area contributed by atoms with Crippen LogP contribution in [0.5, 0.6) is 11.5 Å². The zero-order valence-corrected chi connectivity index (χ0v) is 17.2. The first-order valence-electron chi connectivity index (χ1n) is 9.60. The second-order valence-corrected chi connectivity index (χ2v) is 10.9. The van der Waals surface area contributed by atoms with Crippen molar-refractivity contribution in [1.82, 2.24) is 0 Å². The summed E-state index contributed by atoms with van der Waals surface area (Å²) in [5.41, 5.74) is 0.824. The average Bonchev–Trinajstić information content (AvgIpc) is 3.44. The first-order chi connectivity index (χ1) is 14.0. The molecule has 1 aliphatic carbocycles. The van der Waals surface area contributed by atoms with Crippen molar-refractivity contribution >= 4 is 38.4 Å². The molecular weight excluding hydrogens is 408 g/mol. The number of benzene rings is 2. The third-order valence-electron chi connectivity index (χ3n) is 5.29. The maximum absolute atomic E-state index is 12.3. The average molecular weight is 429 g/mol. The van der Waals surface area contributed by atoms with Gasteiger partial charge in [0, 0.05) is 16.9 Å². The highest BCUT2D eigenvalue weighted by Gasteiger charge is 2.49. The van der Waals surface area contributed by atoms with Gasteiger partial charge in [-0.3, -0.25) is 4.79 Å². The molecule has 2 aromatic rings. The van der Waals surface area contributed by atoms with Crippen LogP contribution in [0.25, 0.3) is 0 Å². The van der Waals surface area contributed by atoms with Gasteiger partial charge in [-0.1, -0.05) is 30.0 Å². The van der Waals surface area contributed by atoms with Crippen LogP contribution in [0.2, 0.25) is 0 Å². The summed E-state index contributed by atoms with van der Waals surface area (Å²) < 4.78 is 30.2. The molecule has 0 unspecified atom stereocenters. The number of amides is 1. The van der Waals surface area contributed by atoms with E-state index in [-0.39, 0.29) is 34.6 Å². The van der Waals surface area contributed by atoms with E-state index in [0.29, 0.717) is 10.9 Å². The van der Waals surface area contributed by atoms with Crippen molar-refractivity contribution in [3.63, 3.8) is 0 Å². The van der Waals surface area contributed by atoms with Crippen molar-refractivity contribution in [2.24, 2.45) is 10.9 Å². The number of nitrogens with zero attached hydrogens (tertiary/aromatic N) is 2. The molecule has 5 rings (SSSR count). The van der Waals surface area contributed by atoms with Gasteiger partial charge in [0.15, 0.2) is 15.0 Å². The number of fused-ring (bicyclic) bond motifs is 1. The Hall–Kier alpha value is -2.32. The van der Waals surface area contributed by atoms with Gasteiger partial charge in [0.05, 0.1) is 17.5 Å². The molecule has 8 heteroatoms. The second-order valence-electron chi connectivity index (χ2n) is 7.59. The Bertz CT molecular complexity index is 1060. The van der Waals surface area contributed by atoms with Crippen LogP contribution in [0.3, 0.4) is 0 Å². The van der Waals surface area contributed by atoms with Crippen molar-refractivity contribution < 1.29 is 17.9 Å². The minimum atomic E-state index is -3.08. The normalized spacial score (nSPS) is 26.5. The maximum atomic E-state index is 12.3. The predicted octanol–water partition coefficient (Wildman–Crippen LogP) is 3.49. The number of anilines is 1. The summed E-state index contributed by atoms with van der Waals surface area (Å²) in [6.07, 6.45) is 1.79. The molecule has 1 amide bonds. The van der Waals surface area contributed by atoms with E-state index in [1.54, 1.807) is 0 Å². The van der Waals surface area contributed by atoms with E-state index in [0.717, 1.165) is 24.3 Å². The molecule has 1 saturated carbocycles. The third kappa shape index (κ3) is 3.91. The number of ether oxygens (including phenoxy) is 1. The lowest BCUT2D eigenvalue weighted by Crippen LogP contribution is -2.37. The van der Waals surface area contributed by atoms with Crippen molar-refractivity contribution in [2.45, 2.75) is 24.1 Å². The van der Waals surface area contributed by atoms with Crippen molar-refractivity contribution in [3.05, 3.63) is 54.6 Å². The summed E-state index contributed by atoms with van der Waals surface area (Å²) in [6.45, 7) is 0. The van der Waals surface area contributed by atoms with Gasteiger partial charge in [-0.05, 0) is 49.2 Å². The topological polar surface area (TPSA) is 76.0 Å². The van der Waals surface area contributed by atoms with E-state index in [4.69, 9.17) is 4.74 Å². The predicted molar refractivity (Wildman–Crippen MR) is 114 cm³/mol. The number of para-hydroxylation sites is 1. The molecule has 6 nitrogen and oxygen atoms in total. The minimum absolute atomic E-state index is 0.0378. The van der Waals surface area contributed by atoms with E-state index in [2.05, 4.69) is 4.99 Å². The zero-order chi connectivity index (χ0) is 20.0. The van der Waals surface area contributed by atoms with Gasteiger partial charge in [0.2, 0.25) is 0 Å². The van der Waals surface area contributed by atoms with Crippen molar-refractivity contribution in [2.75, 3.05) is 16.4 Å².